The number of hydrogen-bond acceptors (Lipinski definition) is 5. The summed E-state index contributed by atoms with van der Waals surface area (Å²) in [7, 11) is 2.92. The van der Waals surface area contributed by atoms with Crippen molar-refractivity contribution in [2.45, 2.75) is 32.2 Å². The van der Waals surface area contributed by atoms with E-state index in [2.05, 4.69) is 5.32 Å². The predicted molar refractivity (Wildman–Crippen MR) is 106 cm³/mol. The minimum atomic E-state index is -0.678. The van der Waals surface area contributed by atoms with Crippen molar-refractivity contribution in [3.05, 3.63) is 48.0 Å². The van der Waals surface area contributed by atoms with Crippen LogP contribution in [0.1, 0.15) is 36.5 Å². The third-order valence-corrected chi connectivity index (χ3v) is 4.36. The number of ether oxygens (including phenoxy) is 2. The van der Waals surface area contributed by atoms with Crippen molar-refractivity contribution in [2.75, 3.05) is 20.0 Å². The topological polar surface area (TPSA) is 90.6 Å². The first kappa shape index (κ1) is 20.3. The Bertz CT molecular complexity index is 787. The Balaban J connectivity index is 2.17. The van der Waals surface area contributed by atoms with Crippen LogP contribution in [0.5, 0.6) is 5.75 Å². The molecule has 0 saturated carbocycles. The Morgan fingerprint density at radius 3 is 2.30 bits per heavy atom. The molecular weight excluding hydrogens is 344 g/mol. The van der Waals surface area contributed by atoms with Crippen LogP contribution in [0.25, 0.3) is 11.1 Å². The molecule has 0 aliphatic heterocycles. The molecule has 144 valence electrons. The van der Waals surface area contributed by atoms with E-state index in [1.165, 1.54) is 7.11 Å². The maximum atomic E-state index is 12.6. The second kappa shape index (κ2) is 9.62. The number of hydrogen-bond donors (Lipinski definition) is 2. The van der Waals surface area contributed by atoms with Gasteiger partial charge in [-0.05, 0) is 41.8 Å². The summed E-state index contributed by atoms with van der Waals surface area (Å²) < 4.78 is 9.93. The number of carbonyl (C=O) groups excluding carboxylic acids is 2. The van der Waals surface area contributed by atoms with Crippen molar-refractivity contribution >= 4 is 17.6 Å². The van der Waals surface area contributed by atoms with Crippen LogP contribution < -0.4 is 15.8 Å². The third-order valence-electron chi connectivity index (χ3n) is 4.36. The van der Waals surface area contributed by atoms with Crippen molar-refractivity contribution in [3.63, 3.8) is 0 Å². The summed E-state index contributed by atoms with van der Waals surface area (Å²) in [6, 6.07) is 12.1. The maximum Gasteiger partial charge on any atom is 0.328 e. The smallest absolute Gasteiger partial charge is 0.328 e. The standard InChI is InChI=1S/C21H26N2O4/c1-4-5-6-19(21(25)27-3)23-20(24)17-12-9-15(13-18(17)22)14-7-10-16(26-2)11-8-14/h7-13,19H,4-6,22H2,1-3H3,(H,23,24)/t19-/m0/s1. The number of benzene rings is 2. The zero-order valence-electron chi connectivity index (χ0n) is 16.0. The highest BCUT2D eigenvalue weighted by Gasteiger charge is 2.22. The normalized spacial score (nSPS) is 11.5. The quantitative estimate of drug-likeness (QED) is 0.549. The number of anilines is 1. The Labute approximate surface area is 159 Å². The molecule has 0 radical (unpaired) electrons. The predicted octanol–water partition coefficient (Wildman–Crippen LogP) is 3.41. The number of methoxy groups -OCH3 is 2. The van der Waals surface area contributed by atoms with Crippen LogP contribution in [-0.2, 0) is 9.53 Å². The van der Waals surface area contributed by atoms with Crippen molar-refractivity contribution < 1.29 is 19.1 Å². The number of amides is 1. The number of carbonyl (C=O) groups is 2. The van der Waals surface area contributed by atoms with Gasteiger partial charge < -0.3 is 20.5 Å². The van der Waals surface area contributed by atoms with Gasteiger partial charge in [-0.1, -0.05) is 38.0 Å². The first-order chi connectivity index (χ1) is 13.0. The molecule has 2 rings (SSSR count). The zero-order valence-corrected chi connectivity index (χ0v) is 16.0. The second-order valence-corrected chi connectivity index (χ2v) is 6.22. The molecule has 0 unspecified atom stereocenters. The Hall–Kier alpha value is -3.02. The summed E-state index contributed by atoms with van der Waals surface area (Å²) in [6.07, 6.45) is 2.26. The van der Waals surface area contributed by atoms with Crippen LogP contribution in [0.2, 0.25) is 0 Å². The Morgan fingerprint density at radius 2 is 1.74 bits per heavy atom. The van der Waals surface area contributed by atoms with Gasteiger partial charge in [-0.25, -0.2) is 4.79 Å². The van der Waals surface area contributed by atoms with E-state index < -0.39 is 12.0 Å². The molecule has 2 aromatic carbocycles. The Kier molecular flexibility index (Phi) is 7.23. The highest BCUT2D eigenvalue weighted by atomic mass is 16.5. The van der Waals surface area contributed by atoms with Gasteiger partial charge >= 0.3 is 5.97 Å². The fraction of sp³-hybridized carbons (Fsp3) is 0.333. The number of esters is 1. The largest absolute Gasteiger partial charge is 0.497 e. The monoisotopic (exact) mass is 370 g/mol. The fourth-order valence-electron chi connectivity index (χ4n) is 2.77. The lowest BCUT2D eigenvalue weighted by molar-refractivity contribution is -0.143. The lowest BCUT2D eigenvalue weighted by atomic mass is 10.0. The summed E-state index contributed by atoms with van der Waals surface area (Å²) in [5.74, 6) is -0.0749. The number of unbranched alkanes of at least 4 members (excludes halogenated alkanes) is 1. The van der Waals surface area contributed by atoms with Crippen LogP contribution in [-0.4, -0.2) is 32.1 Å². The summed E-state index contributed by atoms with van der Waals surface area (Å²) >= 11 is 0. The van der Waals surface area contributed by atoms with Crippen LogP contribution in [0.15, 0.2) is 42.5 Å². The van der Waals surface area contributed by atoms with Gasteiger partial charge in [-0.15, -0.1) is 0 Å². The van der Waals surface area contributed by atoms with Gasteiger partial charge in [0.05, 0.1) is 19.8 Å². The molecule has 0 fully saturated rings. The molecule has 6 heteroatoms. The molecule has 0 aliphatic rings. The maximum absolute atomic E-state index is 12.6. The van der Waals surface area contributed by atoms with Crippen molar-refractivity contribution in [3.8, 4) is 16.9 Å². The fourth-order valence-corrected chi connectivity index (χ4v) is 2.77. The minimum absolute atomic E-state index is 0.331. The lowest BCUT2D eigenvalue weighted by Gasteiger charge is -2.17. The molecule has 3 N–H and O–H groups in total. The zero-order chi connectivity index (χ0) is 19.8. The first-order valence-corrected chi connectivity index (χ1v) is 8.92. The molecule has 27 heavy (non-hydrogen) atoms. The molecule has 1 atom stereocenters. The van der Waals surface area contributed by atoms with E-state index >= 15 is 0 Å². The van der Waals surface area contributed by atoms with Gasteiger partial charge in [-0.3, -0.25) is 4.79 Å². The van der Waals surface area contributed by atoms with Crippen molar-refractivity contribution in [1.82, 2.24) is 5.32 Å². The van der Waals surface area contributed by atoms with Gasteiger partial charge in [-0.2, -0.15) is 0 Å². The van der Waals surface area contributed by atoms with E-state index in [9.17, 15) is 9.59 Å². The van der Waals surface area contributed by atoms with Gasteiger partial charge in [0.15, 0.2) is 0 Å². The summed E-state index contributed by atoms with van der Waals surface area (Å²) in [4.78, 5) is 24.5. The molecule has 0 aliphatic carbocycles. The van der Waals surface area contributed by atoms with E-state index in [1.54, 1.807) is 19.2 Å². The molecule has 2 aromatic rings. The van der Waals surface area contributed by atoms with Crippen LogP contribution in [0.3, 0.4) is 0 Å². The van der Waals surface area contributed by atoms with E-state index in [-0.39, 0.29) is 5.91 Å². The average Bonchev–Trinajstić information content (AvgIpc) is 2.70. The summed E-state index contributed by atoms with van der Waals surface area (Å²) in [5, 5.41) is 2.72. The summed E-state index contributed by atoms with van der Waals surface area (Å²) in [5.41, 5.74) is 8.63. The SMILES string of the molecule is CCCC[C@H](NC(=O)c1ccc(-c2ccc(OC)cc2)cc1N)C(=O)OC. The third kappa shape index (κ3) is 5.23. The number of nitrogens with two attached hydrogens (primary N) is 1. The van der Waals surface area contributed by atoms with Gasteiger partial charge in [0.1, 0.15) is 11.8 Å². The summed E-state index contributed by atoms with van der Waals surface area (Å²) in [6.45, 7) is 2.02. The number of nitrogens with one attached hydrogen (secondary N) is 1. The molecule has 0 aromatic heterocycles. The molecule has 6 nitrogen and oxygen atoms in total. The van der Waals surface area contributed by atoms with Gasteiger partial charge in [0.25, 0.3) is 5.91 Å². The molecule has 1 amide bonds. The molecule has 0 bridgehead atoms. The molecule has 0 spiro atoms. The highest BCUT2D eigenvalue weighted by Crippen LogP contribution is 2.26. The number of rotatable bonds is 8. The Morgan fingerprint density at radius 1 is 1.07 bits per heavy atom. The highest BCUT2D eigenvalue weighted by molar-refractivity contribution is 6.01. The van der Waals surface area contributed by atoms with Gasteiger partial charge in [0, 0.05) is 5.69 Å². The van der Waals surface area contributed by atoms with Crippen LogP contribution in [0.4, 0.5) is 5.69 Å². The van der Waals surface area contributed by atoms with Crippen molar-refractivity contribution in [1.29, 1.82) is 0 Å². The van der Waals surface area contributed by atoms with E-state index in [0.29, 0.717) is 17.7 Å². The molecular formula is C21H26N2O4. The van der Waals surface area contributed by atoms with E-state index in [4.69, 9.17) is 15.2 Å². The minimum Gasteiger partial charge on any atom is -0.497 e. The second-order valence-electron chi connectivity index (χ2n) is 6.22. The van der Waals surface area contributed by atoms with Crippen LogP contribution >= 0.6 is 0 Å². The first-order valence-electron chi connectivity index (χ1n) is 8.92. The van der Waals surface area contributed by atoms with E-state index in [0.717, 1.165) is 29.7 Å². The van der Waals surface area contributed by atoms with Crippen molar-refractivity contribution in [2.24, 2.45) is 0 Å². The van der Waals surface area contributed by atoms with Gasteiger partial charge in [0.2, 0.25) is 0 Å². The number of nitrogen functional groups attached to an aromatic ring is 1. The van der Waals surface area contributed by atoms with E-state index in [1.807, 2.05) is 37.3 Å². The molecule has 0 saturated heterocycles. The lowest BCUT2D eigenvalue weighted by Crippen LogP contribution is -2.41. The van der Waals surface area contributed by atoms with Crippen LogP contribution in [0, 0.1) is 0 Å². The average molecular weight is 370 g/mol. The molecule has 0 heterocycles.